The zero-order chi connectivity index (χ0) is 8.69. The largest absolute Gasteiger partial charge is 0.370 e. The molecule has 11 heavy (non-hydrogen) atoms. The minimum Gasteiger partial charge on any atom is -0.370 e. The van der Waals surface area contributed by atoms with Crippen molar-refractivity contribution in [1.82, 2.24) is 0 Å². The molecule has 0 spiro atoms. The molecule has 2 unspecified atom stereocenters. The van der Waals surface area contributed by atoms with Crippen LogP contribution < -0.4 is 0 Å². The lowest BCUT2D eigenvalue weighted by molar-refractivity contribution is 0.178. The van der Waals surface area contributed by atoms with Crippen LogP contribution in [0.3, 0.4) is 0 Å². The van der Waals surface area contributed by atoms with Crippen molar-refractivity contribution in [2.24, 2.45) is 15.2 Å². The summed E-state index contributed by atoms with van der Waals surface area (Å²) < 4.78 is 0. The molecule has 0 aliphatic rings. The summed E-state index contributed by atoms with van der Waals surface area (Å²) >= 11 is 0. The van der Waals surface area contributed by atoms with Crippen LogP contribution in [0.5, 0.6) is 0 Å². The third kappa shape index (κ3) is 7.08. The van der Waals surface area contributed by atoms with Crippen molar-refractivity contribution in [3.05, 3.63) is 0 Å². The Labute approximate surface area is 65.5 Å². The topological polar surface area (TPSA) is 77.5 Å². The summed E-state index contributed by atoms with van der Waals surface area (Å²) in [5, 5.41) is 24.2. The van der Waals surface area contributed by atoms with Gasteiger partial charge in [-0.25, -0.2) is 0 Å². The molecule has 5 heteroatoms. The Morgan fingerprint density at radius 3 is 2.45 bits per heavy atom. The van der Waals surface area contributed by atoms with Crippen molar-refractivity contribution < 1.29 is 10.2 Å². The van der Waals surface area contributed by atoms with Crippen LogP contribution in [0.1, 0.15) is 13.8 Å². The number of azo groups is 1. The van der Waals surface area contributed by atoms with Crippen molar-refractivity contribution in [2.75, 3.05) is 6.54 Å². The van der Waals surface area contributed by atoms with Gasteiger partial charge >= 0.3 is 0 Å². The highest BCUT2D eigenvalue weighted by molar-refractivity contribution is 5.61. The quantitative estimate of drug-likeness (QED) is 0.453. The number of rotatable bonds is 4. The molecule has 0 aromatic heterocycles. The van der Waals surface area contributed by atoms with E-state index < -0.39 is 12.5 Å². The van der Waals surface area contributed by atoms with E-state index in [2.05, 4.69) is 15.2 Å². The molecule has 0 fully saturated rings. The van der Waals surface area contributed by atoms with Gasteiger partial charge in [0.25, 0.3) is 0 Å². The van der Waals surface area contributed by atoms with Gasteiger partial charge in [-0.3, -0.25) is 4.99 Å². The van der Waals surface area contributed by atoms with Crippen LogP contribution in [0.2, 0.25) is 0 Å². The summed E-state index contributed by atoms with van der Waals surface area (Å²) in [5.41, 5.74) is 0. The predicted octanol–water partition coefficient (Wildman–Crippen LogP) is 0.186. The number of nitrogens with zero attached hydrogens (tertiary/aromatic N) is 3. The zero-order valence-electron chi connectivity index (χ0n) is 6.68. The fourth-order valence-corrected chi connectivity index (χ4v) is 0.394. The number of aliphatic hydroxyl groups is 2. The fourth-order valence-electron chi connectivity index (χ4n) is 0.394. The molecule has 5 nitrogen and oxygen atoms in total. The third-order valence-corrected chi connectivity index (χ3v) is 0.773. The minimum atomic E-state index is -1.04. The van der Waals surface area contributed by atoms with Gasteiger partial charge in [-0.2, -0.15) is 10.2 Å². The van der Waals surface area contributed by atoms with E-state index >= 15 is 0 Å². The van der Waals surface area contributed by atoms with E-state index in [-0.39, 0.29) is 0 Å². The highest BCUT2D eigenvalue weighted by atomic mass is 16.3. The molecular weight excluding hydrogens is 146 g/mol. The van der Waals surface area contributed by atoms with E-state index in [1.807, 2.05) is 6.92 Å². The summed E-state index contributed by atoms with van der Waals surface area (Å²) in [7, 11) is 0. The molecule has 0 bridgehead atoms. The molecule has 0 amide bonds. The highest BCUT2D eigenvalue weighted by Crippen LogP contribution is 1.88. The number of hydrogen-bond donors (Lipinski definition) is 2. The lowest BCUT2D eigenvalue weighted by Gasteiger charge is -1.96. The molecule has 0 rings (SSSR count). The zero-order valence-corrected chi connectivity index (χ0v) is 6.68. The lowest BCUT2D eigenvalue weighted by atomic mass is 10.6. The van der Waals surface area contributed by atoms with Crippen LogP contribution >= 0.6 is 0 Å². The van der Waals surface area contributed by atoms with E-state index in [1.165, 1.54) is 13.1 Å². The normalized spacial score (nSPS) is 17.8. The predicted molar refractivity (Wildman–Crippen MR) is 41.6 cm³/mol. The summed E-state index contributed by atoms with van der Waals surface area (Å²) in [4.78, 5) is 3.74. The Bertz CT molecular complexity index is 145. The molecule has 2 N–H and O–H groups in total. The first-order chi connectivity index (χ1) is 5.16. The van der Waals surface area contributed by atoms with Gasteiger partial charge in [-0.15, -0.1) is 0 Å². The number of hydrogen-bond acceptors (Lipinski definition) is 5. The lowest BCUT2D eigenvalue weighted by Crippen LogP contribution is -2.05. The molecule has 0 saturated carbocycles. The average Bonchev–Trinajstić information content (AvgIpc) is 1.97. The van der Waals surface area contributed by atoms with Crippen LogP contribution in [-0.2, 0) is 0 Å². The van der Waals surface area contributed by atoms with Gasteiger partial charge in [0.05, 0.1) is 6.21 Å². The van der Waals surface area contributed by atoms with Crippen molar-refractivity contribution in [3.63, 3.8) is 0 Å². The van der Waals surface area contributed by atoms with E-state index in [0.29, 0.717) is 6.54 Å². The van der Waals surface area contributed by atoms with Gasteiger partial charge in [0.1, 0.15) is 0 Å². The van der Waals surface area contributed by atoms with Crippen LogP contribution in [-0.4, -0.2) is 35.4 Å². The maximum absolute atomic E-state index is 8.91. The van der Waals surface area contributed by atoms with Crippen LogP contribution in [0.4, 0.5) is 0 Å². The molecule has 0 aromatic rings. The highest BCUT2D eigenvalue weighted by Gasteiger charge is 1.94. The second kappa shape index (κ2) is 5.94. The SMILES string of the molecule is CCN=CC(O)N=NC(C)O. The fraction of sp³-hybridized carbons (Fsp3) is 0.833. The summed E-state index contributed by atoms with van der Waals surface area (Å²) in [6, 6.07) is 0. The van der Waals surface area contributed by atoms with Crippen molar-refractivity contribution in [1.29, 1.82) is 0 Å². The Hall–Kier alpha value is -0.810. The summed E-state index contributed by atoms with van der Waals surface area (Å²) in [6.45, 7) is 3.89. The molecule has 64 valence electrons. The second-order valence-electron chi connectivity index (χ2n) is 1.92. The van der Waals surface area contributed by atoms with Gasteiger partial charge in [0, 0.05) is 6.54 Å². The number of aliphatic hydroxyl groups excluding tert-OH is 2. The first kappa shape index (κ1) is 10.2. The van der Waals surface area contributed by atoms with Crippen LogP contribution in [0, 0.1) is 0 Å². The Balaban J connectivity index is 3.67. The molecule has 0 aliphatic carbocycles. The average molecular weight is 159 g/mol. The first-order valence-corrected chi connectivity index (χ1v) is 3.43. The first-order valence-electron chi connectivity index (χ1n) is 3.43. The molecule has 0 radical (unpaired) electrons. The summed E-state index contributed by atoms with van der Waals surface area (Å²) in [6.07, 6.45) is -0.643. The van der Waals surface area contributed by atoms with Crippen LogP contribution in [0.25, 0.3) is 0 Å². The smallest absolute Gasteiger partial charge is 0.201 e. The maximum Gasteiger partial charge on any atom is 0.201 e. The Morgan fingerprint density at radius 1 is 1.36 bits per heavy atom. The second-order valence-corrected chi connectivity index (χ2v) is 1.92. The van der Waals surface area contributed by atoms with Gasteiger partial charge in [0.15, 0.2) is 6.23 Å². The molecule has 0 heterocycles. The van der Waals surface area contributed by atoms with E-state index in [4.69, 9.17) is 10.2 Å². The van der Waals surface area contributed by atoms with E-state index in [1.54, 1.807) is 0 Å². The van der Waals surface area contributed by atoms with Gasteiger partial charge in [-0.1, -0.05) is 0 Å². The van der Waals surface area contributed by atoms with E-state index in [0.717, 1.165) is 0 Å². The third-order valence-electron chi connectivity index (χ3n) is 0.773. The van der Waals surface area contributed by atoms with Crippen molar-refractivity contribution in [2.45, 2.75) is 26.3 Å². The summed E-state index contributed by atoms with van der Waals surface area (Å²) in [5.74, 6) is 0. The Morgan fingerprint density at radius 2 is 2.00 bits per heavy atom. The molecule has 2 atom stereocenters. The Kier molecular flexibility index (Phi) is 5.50. The van der Waals surface area contributed by atoms with Crippen LogP contribution in [0.15, 0.2) is 15.2 Å². The van der Waals surface area contributed by atoms with Crippen molar-refractivity contribution in [3.8, 4) is 0 Å². The standard InChI is InChI=1S/C6H13N3O2/c1-3-7-4-6(11)9-8-5(2)10/h4-6,10-11H,3H2,1-2H3. The maximum atomic E-state index is 8.91. The minimum absolute atomic E-state index is 0.598. The van der Waals surface area contributed by atoms with Gasteiger partial charge in [0.2, 0.25) is 6.23 Å². The molecule has 0 saturated heterocycles. The van der Waals surface area contributed by atoms with Crippen molar-refractivity contribution >= 4 is 6.21 Å². The van der Waals surface area contributed by atoms with Gasteiger partial charge < -0.3 is 10.2 Å². The van der Waals surface area contributed by atoms with E-state index in [9.17, 15) is 0 Å². The van der Waals surface area contributed by atoms with Gasteiger partial charge in [-0.05, 0) is 13.8 Å². The molecule has 0 aromatic carbocycles. The number of aliphatic imine (C=N–C) groups is 1. The molecular formula is C6H13N3O2. The monoisotopic (exact) mass is 159 g/mol. The molecule has 0 aliphatic heterocycles.